The second-order valence-corrected chi connectivity index (χ2v) is 5.44. The Kier molecular flexibility index (Phi) is 5.16. The number of methoxy groups -OCH3 is 2. The van der Waals surface area contributed by atoms with Gasteiger partial charge in [0.2, 0.25) is 0 Å². The third kappa shape index (κ3) is 3.46. The van der Waals surface area contributed by atoms with E-state index in [1.807, 2.05) is 6.92 Å². The zero-order valence-electron chi connectivity index (χ0n) is 12.4. The van der Waals surface area contributed by atoms with Gasteiger partial charge < -0.3 is 14.8 Å². The quantitative estimate of drug-likeness (QED) is 0.887. The highest BCUT2D eigenvalue weighted by Crippen LogP contribution is 2.33. The first kappa shape index (κ1) is 16.5. The van der Waals surface area contributed by atoms with Crippen LogP contribution in [0.4, 0.5) is 5.69 Å². The van der Waals surface area contributed by atoms with Gasteiger partial charge in [-0.05, 0) is 36.8 Å². The minimum absolute atomic E-state index is 0.295. The van der Waals surface area contributed by atoms with Crippen LogP contribution < -0.4 is 14.8 Å². The highest BCUT2D eigenvalue weighted by molar-refractivity contribution is 6.37. The van der Waals surface area contributed by atoms with Gasteiger partial charge in [-0.25, -0.2) is 0 Å². The molecule has 0 fully saturated rings. The second-order valence-electron chi connectivity index (χ2n) is 4.60. The van der Waals surface area contributed by atoms with Crippen LogP contribution in [-0.2, 0) is 0 Å². The first-order chi connectivity index (χ1) is 10.5. The number of nitrogens with one attached hydrogen (secondary N) is 1. The molecule has 0 saturated heterocycles. The molecule has 116 valence electrons. The van der Waals surface area contributed by atoms with Crippen molar-refractivity contribution < 1.29 is 14.3 Å². The van der Waals surface area contributed by atoms with Crippen molar-refractivity contribution in [1.82, 2.24) is 0 Å². The molecular weight excluding hydrogens is 325 g/mol. The second kappa shape index (κ2) is 6.90. The van der Waals surface area contributed by atoms with E-state index in [9.17, 15) is 4.79 Å². The van der Waals surface area contributed by atoms with Crippen molar-refractivity contribution in [3.8, 4) is 11.5 Å². The number of halogens is 2. The predicted octanol–water partition coefficient (Wildman–Crippen LogP) is 4.57. The highest BCUT2D eigenvalue weighted by Gasteiger charge is 2.14. The van der Waals surface area contributed by atoms with Gasteiger partial charge in [-0.3, -0.25) is 4.79 Å². The van der Waals surface area contributed by atoms with E-state index in [1.165, 1.54) is 13.2 Å². The SMILES string of the molecule is COc1cc(C)c(NC(=O)c2ccc(Cl)cc2Cl)cc1OC. The predicted molar refractivity (Wildman–Crippen MR) is 88.7 cm³/mol. The minimum atomic E-state index is -0.322. The monoisotopic (exact) mass is 339 g/mol. The molecule has 0 radical (unpaired) electrons. The molecule has 1 N–H and O–H groups in total. The van der Waals surface area contributed by atoms with Gasteiger partial charge in [0.15, 0.2) is 11.5 Å². The topological polar surface area (TPSA) is 47.6 Å². The van der Waals surface area contributed by atoms with Crippen LogP contribution in [0.3, 0.4) is 0 Å². The van der Waals surface area contributed by atoms with E-state index in [1.54, 1.807) is 31.4 Å². The van der Waals surface area contributed by atoms with Crippen LogP contribution in [0.15, 0.2) is 30.3 Å². The Morgan fingerprint density at radius 3 is 2.27 bits per heavy atom. The van der Waals surface area contributed by atoms with Gasteiger partial charge in [-0.2, -0.15) is 0 Å². The number of carbonyl (C=O) groups excluding carboxylic acids is 1. The summed E-state index contributed by atoms with van der Waals surface area (Å²) in [4.78, 5) is 12.3. The van der Waals surface area contributed by atoms with E-state index in [0.29, 0.717) is 32.8 Å². The van der Waals surface area contributed by atoms with E-state index in [2.05, 4.69) is 5.32 Å². The van der Waals surface area contributed by atoms with E-state index >= 15 is 0 Å². The molecule has 0 atom stereocenters. The average Bonchev–Trinajstić information content (AvgIpc) is 2.48. The molecule has 0 unspecified atom stereocenters. The van der Waals surface area contributed by atoms with E-state index in [4.69, 9.17) is 32.7 Å². The largest absolute Gasteiger partial charge is 0.493 e. The van der Waals surface area contributed by atoms with Gasteiger partial charge in [0, 0.05) is 16.8 Å². The summed E-state index contributed by atoms with van der Waals surface area (Å²) in [5, 5.41) is 3.58. The summed E-state index contributed by atoms with van der Waals surface area (Å²) in [7, 11) is 3.10. The maximum Gasteiger partial charge on any atom is 0.257 e. The van der Waals surface area contributed by atoms with Crippen LogP contribution in [0.1, 0.15) is 15.9 Å². The first-order valence-corrected chi connectivity index (χ1v) is 7.21. The van der Waals surface area contributed by atoms with Gasteiger partial charge in [0.05, 0.1) is 24.8 Å². The van der Waals surface area contributed by atoms with Crippen LogP contribution in [0.25, 0.3) is 0 Å². The molecule has 22 heavy (non-hydrogen) atoms. The highest BCUT2D eigenvalue weighted by atomic mass is 35.5. The molecule has 0 aromatic heterocycles. The lowest BCUT2D eigenvalue weighted by Gasteiger charge is -2.14. The molecule has 4 nitrogen and oxygen atoms in total. The number of amides is 1. The van der Waals surface area contributed by atoms with Crippen LogP contribution in [-0.4, -0.2) is 20.1 Å². The fraction of sp³-hybridized carbons (Fsp3) is 0.188. The fourth-order valence-corrected chi connectivity index (χ4v) is 2.47. The molecule has 0 aliphatic rings. The van der Waals surface area contributed by atoms with Gasteiger partial charge in [-0.1, -0.05) is 23.2 Å². The van der Waals surface area contributed by atoms with E-state index in [0.717, 1.165) is 5.56 Å². The third-order valence-electron chi connectivity index (χ3n) is 3.15. The van der Waals surface area contributed by atoms with Crippen molar-refractivity contribution in [1.29, 1.82) is 0 Å². The third-order valence-corrected chi connectivity index (χ3v) is 3.70. The summed E-state index contributed by atoms with van der Waals surface area (Å²) in [5.41, 5.74) is 1.81. The molecule has 2 rings (SSSR count). The molecule has 0 spiro atoms. The Balaban J connectivity index is 2.32. The number of hydrogen-bond donors (Lipinski definition) is 1. The number of ether oxygens (including phenoxy) is 2. The minimum Gasteiger partial charge on any atom is -0.493 e. The molecule has 2 aromatic rings. The van der Waals surface area contributed by atoms with Crippen LogP contribution in [0.2, 0.25) is 10.0 Å². The molecular formula is C16H15Cl2NO3. The summed E-state index contributed by atoms with van der Waals surface area (Å²) in [6.07, 6.45) is 0. The molecule has 0 aliphatic heterocycles. The van der Waals surface area contributed by atoms with Crippen LogP contribution in [0, 0.1) is 6.92 Å². The smallest absolute Gasteiger partial charge is 0.257 e. The number of rotatable bonds is 4. The molecule has 0 saturated carbocycles. The van der Waals surface area contributed by atoms with Crippen molar-refractivity contribution in [3.05, 3.63) is 51.5 Å². The zero-order chi connectivity index (χ0) is 16.3. The Hall–Kier alpha value is -1.91. The number of hydrogen-bond acceptors (Lipinski definition) is 3. The van der Waals surface area contributed by atoms with Crippen molar-refractivity contribution >= 4 is 34.8 Å². The Morgan fingerprint density at radius 1 is 1.05 bits per heavy atom. The summed E-state index contributed by atoms with van der Waals surface area (Å²) in [6, 6.07) is 8.22. The normalized spacial score (nSPS) is 10.2. The first-order valence-electron chi connectivity index (χ1n) is 6.45. The van der Waals surface area contributed by atoms with Gasteiger partial charge in [0.1, 0.15) is 0 Å². The maximum atomic E-state index is 12.3. The average molecular weight is 340 g/mol. The number of aryl methyl sites for hydroxylation is 1. The zero-order valence-corrected chi connectivity index (χ0v) is 13.9. The molecule has 0 bridgehead atoms. The van der Waals surface area contributed by atoms with Crippen molar-refractivity contribution in [2.75, 3.05) is 19.5 Å². The lowest BCUT2D eigenvalue weighted by atomic mass is 10.1. The standard InChI is InChI=1S/C16H15Cl2NO3/c1-9-6-14(21-2)15(22-3)8-13(9)19-16(20)11-5-4-10(17)7-12(11)18/h4-8H,1-3H3,(H,19,20). The van der Waals surface area contributed by atoms with E-state index < -0.39 is 0 Å². The van der Waals surface area contributed by atoms with Gasteiger partial charge >= 0.3 is 0 Å². The molecule has 0 aliphatic carbocycles. The summed E-state index contributed by atoms with van der Waals surface area (Å²) >= 11 is 11.9. The van der Waals surface area contributed by atoms with Gasteiger partial charge in [-0.15, -0.1) is 0 Å². The summed E-state index contributed by atoms with van der Waals surface area (Å²) in [6.45, 7) is 1.86. The van der Waals surface area contributed by atoms with Crippen molar-refractivity contribution in [3.63, 3.8) is 0 Å². The Labute approximate surface area is 138 Å². The maximum absolute atomic E-state index is 12.3. The Morgan fingerprint density at radius 2 is 1.68 bits per heavy atom. The number of carbonyl (C=O) groups is 1. The van der Waals surface area contributed by atoms with Crippen LogP contribution >= 0.6 is 23.2 Å². The molecule has 1 amide bonds. The molecule has 2 aromatic carbocycles. The molecule has 0 heterocycles. The lowest BCUT2D eigenvalue weighted by Crippen LogP contribution is -2.13. The lowest BCUT2D eigenvalue weighted by molar-refractivity contribution is 0.102. The van der Waals surface area contributed by atoms with Crippen LogP contribution in [0.5, 0.6) is 11.5 Å². The fourth-order valence-electron chi connectivity index (χ4n) is 1.98. The number of anilines is 1. The number of benzene rings is 2. The summed E-state index contributed by atoms with van der Waals surface area (Å²) in [5.74, 6) is 0.810. The van der Waals surface area contributed by atoms with Gasteiger partial charge in [0.25, 0.3) is 5.91 Å². The summed E-state index contributed by atoms with van der Waals surface area (Å²) < 4.78 is 10.5. The molecule has 6 heteroatoms. The van der Waals surface area contributed by atoms with Crippen molar-refractivity contribution in [2.24, 2.45) is 0 Å². The Bertz CT molecular complexity index is 717. The van der Waals surface area contributed by atoms with E-state index in [-0.39, 0.29) is 5.91 Å². The van der Waals surface area contributed by atoms with Crippen molar-refractivity contribution in [2.45, 2.75) is 6.92 Å².